The quantitative estimate of drug-likeness (QED) is 0.844. The van der Waals surface area contributed by atoms with Crippen molar-refractivity contribution in [3.63, 3.8) is 0 Å². The highest BCUT2D eigenvalue weighted by Gasteiger charge is 2.13. The van der Waals surface area contributed by atoms with Crippen molar-refractivity contribution >= 4 is 5.82 Å². The molecule has 0 aliphatic carbocycles. The summed E-state index contributed by atoms with van der Waals surface area (Å²) in [6.07, 6.45) is 1.56. The first-order valence-corrected chi connectivity index (χ1v) is 5.45. The molecule has 2 rings (SSSR count). The van der Waals surface area contributed by atoms with Gasteiger partial charge >= 0.3 is 5.69 Å². The molecule has 0 saturated heterocycles. The summed E-state index contributed by atoms with van der Waals surface area (Å²) in [7, 11) is 2.90. The molecule has 2 aromatic heterocycles. The van der Waals surface area contributed by atoms with E-state index in [0.717, 1.165) is 9.25 Å². The zero-order valence-corrected chi connectivity index (χ0v) is 10.4. The SMILES string of the molecule is CC(Nc1nn(C)c(=O)n(C)c1=O)c1ccco1. The van der Waals surface area contributed by atoms with E-state index in [1.54, 1.807) is 18.4 Å². The van der Waals surface area contributed by atoms with E-state index in [1.165, 1.54) is 14.1 Å². The Labute approximate surface area is 103 Å². The van der Waals surface area contributed by atoms with Crippen LogP contribution in [-0.2, 0) is 14.1 Å². The standard InChI is InChI=1S/C11H14N4O3/c1-7(8-5-4-6-18-8)12-9-10(16)14(2)11(17)15(3)13-9/h4-7H,1-3H3,(H,12,13). The van der Waals surface area contributed by atoms with E-state index in [2.05, 4.69) is 10.4 Å². The van der Waals surface area contributed by atoms with Crippen molar-refractivity contribution < 1.29 is 4.42 Å². The van der Waals surface area contributed by atoms with Gasteiger partial charge in [0.2, 0.25) is 5.82 Å². The van der Waals surface area contributed by atoms with E-state index in [0.29, 0.717) is 5.76 Å². The summed E-state index contributed by atoms with van der Waals surface area (Å²) in [5, 5.41) is 6.82. The minimum Gasteiger partial charge on any atom is -0.467 e. The lowest BCUT2D eigenvalue weighted by Gasteiger charge is -2.12. The Kier molecular flexibility index (Phi) is 3.05. The molecule has 0 saturated carbocycles. The molecule has 0 aromatic carbocycles. The number of nitrogens with zero attached hydrogens (tertiary/aromatic N) is 3. The highest BCUT2D eigenvalue weighted by atomic mass is 16.3. The fourth-order valence-corrected chi connectivity index (χ4v) is 1.60. The predicted octanol–water partition coefficient (Wildman–Crippen LogP) is 0.245. The molecule has 0 fully saturated rings. The van der Waals surface area contributed by atoms with Crippen LogP contribution >= 0.6 is 0 Å². The maximum atomic E-state index is 11.8. The van der Waals surface area contributed by atoms with Crippen molar-refractivity contribution in [2.24, 2.45) is 14.1 Å². The Morgan fingerprint density at radius 3 is 2.72 bits per heavy atom. The van der Waals surface area contributed by atoms with Gasteiger partial charge in [0, 0.05) is 14.1 Å². The van der Waals surface area contributed by atoms with Crippen molar-refractivity contribution in [1.29, 1.82) is 0 Å². The minimum atomic E-state index is -0.462. The third-order valence-electron chi connectivity index (χ3n) is 2.64. The van der Waals surface area contributed by atoms with Gasteiger partial charge in [0.1, 0.15) is 5.76 Å². The summed E-state index contributed by atoms with van der Waals surface area (Å²) in [5.74, 6) is 0.802. The first-order chi connectivity index (χ1) is 8.50. The maximum Gasteiger partial charge on any atom is 0.346 e. The summed E-state index contributed by atoms with van der Waals surface area (Å²) >= 11 is 0. The summed E-state index contributed by atoms with van der Waals surface area (Å²) in [4.78, 5) is 23.3. The first kappa shape index (κ1) is 12.2. The van der Waals surface area contributed by atoms with Crippen molar-refractivity contribution in [1.82, 2.24) is 14.3 Å². The van der Waals surface area contributed by atoms with Gasteiger partial charge < -0.3 is 9.73 Å². The van der Waals surface area contributed by atoms with E-state index in [4.69, 9.17) is 4.42 Å². The molecule has 0 spiro atoms. The second kappa shape index (κ2) is 4.52. The molecule has 7 heteroatoms. The number of furan rings is 1. The number of rotatable bonds is 3. The van der Waals surface area contributed by atoms with Crippen LogP contribution in [0.15, 0.2) is 32.4 Å². The lowest BCUT2D eigenvalue weighted by Crippen LogP contribution is -2.40. The molecule has 1 N–H and O–H groups in total. The van der Waals surface area contributed by atoms with Gasteiger partial charge in [0.25, 0.3) is 5.56 Å². The second-order valence-electron chi connectivity index (χ2n) is 4.00. The van der Waals surface area contributed by atoms with Crippen LogP contribution in [0.25, 0.3) is 0 Å². The molecule has 2 heterocycles. The number of aromatic nitrogens is 3. The van der Waals surface area contributed by atoms with Crippen LogP contribution in [0.3, 0.4) is 0 Å². The van der Waals surface area contributed by atoms with Crippen LogP contribution < -0.4 is 16.6 Å². The van der Waals surface area contributed by atoms with Gasteiger partial charge in [0.15, 0.2) is 0 Å². The lowest BCUT2D eigenvalue weighted by molar-refractivity contribution is 0.488. The largest absolute Gasteiger partial charge is 0.467 e. The first-order valence-electron chi connectivity index (χ1n) is 5.45. The highest BCUT2D eigenvalue weighted by Crippen LogP contribution is 2.15. The van der Waals surface area contributed by atoms with Gasteiger partial charge in [-0.25, -0.2) is 9.48 Å². The van der Waals surface area contributed by atoms with Gasteiger partial charge in [0.05, 0.1) is 12.3 Å². The summed E-state index contributed by atoms with van der Waals surface area (Å²) in [6, 6.07) is 3.35. The van der Waals surface area contributed by atoms with Crippen LogP contribution in [0, 0.1) is 0 Å². The third kappa shape index (κ3) is 2.06. The fraction of sp³-hybridized carbons (Fsp3) is 0.364. The summed E-state index contributed by atoms with van der Waals surface area (Å²) in [5.41, 5.74) is -0.923. The van der Waals surface area contributed by atoms with Crippen LogP contribution in [0.2, 0.25) is 0 Å². The van der Waals surface area contributed by atoms with Crippen molar-refractivity contribution in [2.75, 3.05) is 5.32 Å². The van der Waals surface area contributed by atoms with Crippen molar-refractivity contribution in [3.8, 4) is 0 Å². The summed E-state index contributed by atoms with van der Waals surface area (Å²) in [6.45, 7) is 1.84. The number of aryl methyl sites for hydroxylation is 1. The van der Waals surface area contributed by atoms with Gasteiger partial charge in [-0.1, -0.05) is 0 Å². The lowest BCUT2D eigenvalue weighted by atomic mass is 10.2. The predicted molar refractivity (Wildman–Crippen MR) is 65.5 cm³/mol. The van der Waals surface area contributed by atoms with Gasteiger partial charge in [-0.15, -0.1) is 5.10 Å². The zero-order chi connectivity index (χ0) is 13.3. The highest BCUT2D eigenvalue weighted by molar-refractivity contribution is 5.32. The normalized spacial score (nSPS) is 12.4. The Morgan fingerprint density at radius 1 is 1.39 bits per heavy atom. The number of anilines is 1. The number of hydrogen-bond acceptors (Lipinski definition) is 5. The van der Waals surface area contributed by atoms with E-state index >= 15 is 0 Å². The van der Waals surface area contributed by atoms with E-state index in [1.807, 2.05) is 6.92 Å². The summed E-state index contributed by atoms with van der Waals surface area (Å²) < 4.78 is 7.34. The molecule has 7 nitrogen and oxygen atoms in total. The zero-order valence-electron chi connectivity index (χ0n) is 10.4. The van der Waals surface area contributed by atoms with Crippen molar-refractivity contribution in [3.05, 3.63) is 45.0 Å². The monoisotopic (exact) mass is 250 g/mol. The Hall–Kier alpha value is -2.31. The van der Waals surface area contributed by atoms with Crippen molar-refractivity contribution in [2.45, 2.75) is 13.0 Å². The molecule has 0 aliphatic heterocycles. The minimum absolute atomic E-state index is 0.114. The van der Waals surface area contributed by atoms with E-state index < -0.39 is 11.2 Å². The van der Waals surface area contributed by atoms with Crippen LogP contribution in [0.5, 0.6) is 0 Å². The van der Waals surface area contributed by atoms with Gasteiger partial charge in [-0.2, -0.15) is 0 Å². The molecule has 96 valence electrons. The fourth-order valence-electron chi connectivity index (χ4n) is 1.60. The molecule has 0 aliphatic rings. The molecular formula is C11H14N4O3. The van der Waals surface area contributed by atoms with Crippen LogP contribution in [-0.4, -0.2) is 14.3 Å². The molecule has 18 heavy (non-hydrogen) atoms. The molecule has 1 unspecified atom stereocenters. The maximum absolute atomic E-state index is 11.8. The third-order valence-corrected chi connectivity index (χ3v) is 2.64. The molecule has 0 radical (unpaired) electrons. The smallest absolute Gasteiger partial charge is 0.346 e. The molecule has 0 amide bonds. The van der Waals surface area contributed by atoms with Gasteiger partial charge in [-0.05, 0) is 19.1 Å². The van der Waals surface area contributed by atoms with E-state index in [9.17, 15) is 9.59 Å². The Bertz CT molecular complexity index is 654. The molecular weight excluding hydrogens is 236 g/mol. The number of nitrogens with one attached hydrogen (secondary N) is 1. The molecule has 0 bridgehead atoms. The average molecular weight is 250 g/mol. The number of hydrogen-bond donors (Lipinski definition) is 1. The average Bonchev–Trinajstić information content (AvgIpc) is 2.87. The Morgan fingerprint density at radius 2 is 2.11 bits per heavy atom. The molecule has 1 atom stereocenters. The second-order valence-corrected chi connectivity index (χ2v) is 4.00. The van der Waals surface area contributed by atoms with Crippen LogP contribution in [0.1, 0.15) is 18.7 Å². The van der Waals surface area contributed by atoms with Gasteiger partial charge in [-0.3, -0.25) is 9.36 Å². The topological polar surface area (TPSA) is 82.1 Å². The van der Waals surface area contributed by atoms with Crippen LogP contribution in [0.4, 0.5) is 5.82 Å². The van der Waals surface area contributed by atoms with E-state index in [-0.39, 0.29) is 11.9 Å². The Balaban J connectivity index is 2.36. The molecule has 2 aromatic rings.